The van der Waals surface area contributed by atoms with Crippen LogP contribution in [0.2, 0.25) is 0 Å². The Morgan fingerprint density at radius 2 is 1.89 bits per heavy atom. The van der Waals surface area contributed by atoms with Crippen molar-refractivity contribution in [2.24, 2.45) is 0 Å². The number of fused-ring (bicyclic) bond motifs is 1. The Kier molecular flexibility index (Phi) is 2.54. The van der Waals surface area contributed by atoms with Crippen LogP contribution in [-0.2, 0) is 12.0 Å². The molecule has 0 N–H and O–H groups in total. The van der Waals surface area contributed by atoms with E-state index in [1.807, 2.05) is 0 Å². The zero-order valence-electron chi connectivity index (χ0n) is 11.4. The van der Waals surface area contributed by atoms with Crippen molar-refractivity contribution in [3.05, 3.63) is 53.3 Å². The second-order valence-corrected chi connectivity index (χ2v) is 6.18. The van der Waals surface area contributed by atoms with Crippen molar-refractivity contribution in [3.8, 4) is 0 Å². The van der Waals surface area contributed by atoms with E-state index in [0.29, 0.717) is 5.92 Å². The van der Waals surface area contributed by atoms with Crippen LogP contribution in [0.15, 0.2) is 36.4 Å². The highest BCUT2D eigenvalue weighted by Gasteiger charge is 2.28. The summed E-state index contributed by atoms with van der Waals surface area (Å²) in [4.78, 5) is 0. The first-order valence-corrected chi connectivity index (χ1v) is 6.69. The van der Waals surface area contributed by atoms with E-state index < -0.39 is 0 Å². The van der Waals surface area contributed by atoms with Gasteiger partial charge in [0.25, 0.3) is 0 Å². The summed E-state index contributed by atoms with van der Waals surface area (Å²) in [6, 6.07) is 13.1. The van der Waals surface area contributed by atoms with Gasteiger partial charge in [-0.1, -0.05) is 51.1 Å². The van der Waals surface area contributed by atoms with Crippen molar-refractivity contribution in [2.45, 2.75) is 45.1 Å². The van der Waals surface area contributed by atoms with Crippen LogP contribution < -0.4 is 0 Å². The quantitative estimate of drug-likeness (QED) is 0.743. The number of benzene rings is 1. The summed E-state index contributed by atoms with van der Waals surface area (Å²) >= 11 is 0. The summed E-state index contributed by atoms with van der Waals surface area (Å²) in [7, 11) is 0. The Morgan fingerprint density at radius 3 is 2.56 bits per heavy atom. The standard InChI is InChI=1S/C16H20N2/c1-16(2,3)15-11-14-13(9-10-18(14)17-15)12-7-5-4-6-8-12/h4-8,11,13H,9-10H2,1-3H3/t13-/m1/s1. The van der Waals surface area contributed by atoms with Crippen LogP contribution in [0.4, 0.5) is 0 Å². The number of nitrogens with zero attached hydrogens (tertiary/aromatic N) is 2. The van der Waals surface area contributed by atoms with Crippen molar-refractivity contribution in [1.29, 1.82) is 0 Å². The molecule has 3 rings (SSSR count). The molecule has 1 aromatic heterocycles. The fourth-order valence-electron chi connectivity index (χ4n) is 2.68. The van der Waals surface area contributed by atoms with Crippen LogP contribution >= 0.6 is 0 Å². The largest absolute Gasteiger partial charge is 0.269 e. The topological polar surface area (TPSA) is 17.8 Å². The summed E-state index contributed by atoms with van der Waals surface area (Å²) in [5, 5.41) is 4.75. The molecule has 2 aromatic rings. The van der Waals surface area contributed by atoms with Crippen LogP contribution in [0.1, 0.15) is 50.1 Å². The minimum absolute atomic E-state index is 0.137. The summed E-state index contributed by atoms with van der Waals surface area (Å²) < 4.78 is 2.19. The molecule has 0 bridgehead atoms. The van der Waals surface area contributed by atoms with Crippen LogP contribution in [-0.4, -0.2) is 9.78 Å². The van der Waals surface area contributed by atoms with Gasteiger partial charge < -0.3 is 0 Å². The molecular weight excluding hydrogens is 220 g/mol. The summed E-state index contributed by atoms with van der Waals surface area (Å²) in [5.41, 5.74) is 4.14. The molecule has 0 fully saturated rings. The molecule has 1 aliphatic heterocycles. The minimum atomic E-state index is 0.137. The van der Waals surface area contributed by atoms with Gasteiger partial charge in [0.15, 0.2) is 0 Å². The minimum Gasteiger partial charge on any atom is -0.269 e. The lowest BCUT2D eigenvalue weighted by Gasteiger charge is -2.15. The van der Waals surface area contributed by atoms with E-state index in [9.17, 15) is 0 Å². The highest BCUT2D eigenvalue weighted by atomic mass is 15.3. The maximum absolute atomic E-state index is 4.75. The second-order valence-electron chi connectivity index (χ2n) is 6.18. The summed E-state index contributed by atoms with van der Waals surface area (Å²) in [5.74, 6) is 0.523. The van der Waals surface area contributed by atoms with E-state index in [1.54, 1.807) is 0 Å². The number of aryl methyl sites for hydroxylation is 1. The van der Waals surface area contributed by atoms with E-state index in [4.69, 9.17) is 5.10 Å². The molecule has 0 unspecified atom stereocenters. The Bertz CT molecular complexity index is 546. The predicted octanol–water partition coefficient (Wildman–Crippen LogP) is 3.72. The van der Waals surface area contributed by atoms with Crippen molar-refractivity contribution in [1.82, 2.24) is 9.78 Å². The van der Waals surface area contributed by atoms with E-state index in [2.05, 4.69) is 61.9 Å². The van der Waals surface area contributed by atoms with Crippen molar-refractivity contribution < 1.29 is 0 Å². The number of aromatic nitrogens is 2. The first-order chi connectivity index (χ1) is 8.55. The van der Waals surface area contributed by atoms with Crippen LogP contribution in [0, 0.1) is 0 Å². The average molecular weight is 240 g/mol. The third kappa shape index (κ3) is 1.86. The molecule has 1 aromatic carbocycles. The molecule has 18 heavy (non-hydrogen) atoms. The smallest absolute Gasteiger partial charge is 0.0681 e. The van der Waals surface area contributed by atoms with Gasteiger partial charge in [0.2, 0.25) is 0 Å². The van der Waals surface area contributed by atoms with Crippen molar-refractivity contribution in [3.63, 3.8) is 0 Å². The van der Waals surface area contributed by atoms with E-state index in [0.717, 1.165) is 6.54 Å². The molecular formula is C16H20N2. The number of hydrogen-bond acceptors (Lipinski definition) is 1. The molecule has 2 nitrogen and oxygen atoms in total. The van der Waals surface area contributed by atoms with Gasteiger partial charge in [0.05, 0.1) is 5.69 Å². The Balaban J connectivity index is 1.99. The third-order valence-corrected chi connectivity index (χ3v) is 3.77. The van der Waals surface area contributed by atoms with Crippen molar-refractivity contribution in [2.75, 3.05) is 0 Å². The lowest BCUT2D eigenvalue weighted by atomic mass is 9.89. The maximum atomic E-state index is 4.75. The highest BCUT2D eigenvalue weighted by molar-refractivity contribution is 5.33. The Hall–Kier alpha value is -1.57. The van der Waals surface area contributed by atoms with Gasteiger partial charge in [-0.15, -0.1) is 0 Å². The highest BCUT2D eigenvalue weighted by Crippen LogP contribution is 2.36. The number of rotatable bonds is 1. The molecule has 2 heterocycles. The summed E-state index contributed by atoms with van der Waals surface area (Å²) in [6.07, 6.45) is 1.18. The van der Waals surface area contributed by atoms with Crippen molar-refractivity contribution >= 4 is 0 Å². The van der Waals surface area contributed by atoms with Gasteiger partial charge in [-0.25, -0.2) is 0 Å². The van der Waals surface area contributed by atoms with E-state index >= 15 is 0 Å². The Labute approximate surface area is 109 Å². The molecule has 0 spiro atoms. The van der Waals surface area contributed by atoms with Gasteiger partial charge in [-0.3, -0.25) is 4.68 Å². The molecule has 0 radical (unpaired) electrons. The lowest BCUT2D eigenvalue weighted by Crippen LogP contribution is -2.12. The third-order valence-electron chi connectivity index (χ3n) is 3.77. The van der Waals surface area contributed by atoms with Crippen LogP contribution in [0.3, 0.4) is 0 Å². The fourth-order valence-corrected chi connectivity index (χ4v) is 2.68. The molecule has 0 aliphatic carbocycles. The summed E-state index contributed by atoms with van der Waals surface area (Å²) in [6.45, 7) is 7.72. The Morgan fingerprint density at radius 1 is 1.17 bits per heavy atom. The maximum Gasteiger partial charge on any atom is 0.0681 e. The molecule has 1 aliphatic rings. The van der Waals surface area contributed by atoms with Gasteiger partial charge in [-0.2, -0.15) is 5.10 Å². The second kappa shape index (κ2) is 3.98. The molecule has 0 saturated carbocycles. The normalized spacial score (nSPS) is 18.9. The molecule has 0 saturated heterocycles. The van der Waals surface area contributed by atoms with E-state index in [-0.39, 0.29) is 5.41 Å². The first kappa shape index (κ1) is 11.5. The number of hydrogen-bond donors (Lipinski definition) is 0. The zero-order chi connectivity index (χ0) is 12.8. The van der Waals surface area contributed by atoms with Crippen LogP contribution in [0.25, 0.3) is 0 Å². The van der Waals surface area contributed by atoms with Gasteiger partial charge in [-0.05, 0) is 18.1 Å². The fraction of sp³-hybridized carbons (Fsp3) is 0.438. The van der Waals surface area contributed by atoms with Gasteiger partial charge in [0.1, 0.15) is 0 Å². The van der Waals surface area contributed by atoms with Gasteiger partial charge in [0, 0.05) is 23.6 Å². The molecule has 2 heteroatoms. The average Bonchev–Trinajstić information content (AvgIpc) is 2.88. The zero-order valence-corrected chi connectivity index (χ0v) is 11.4. The monoisotopic (exact) mass is 240 g/mol. The first-order valence-electron chi connectivity index (χ1n) is 6.69. The SMILES string of the molecule is CC(C)(C)c1cc2n(n1)CC[C@@H]2c1ccccc1. The lowest BCUT2D eigenvalue weighted by molar-refractivity contribution is 0.538. The molecule has 1 atom stereocenters. The van der Waals surface area contributed by atoms with Crippen LogP contribution in [0.5, 0.6) is 0 Å². The van der Waals surface area contributed by atoms with E-state index in [1.165, 1.54) is 23.4 Å². The molecule has 94 valence electrons. The predicted molar refractivity (Wildman–Crippen MR) is 73.8 cm³/mol. The van der Waals surface area contributed by atoms with Gasteiger partial charge >= 0.3 is 0 Å². The molecule has 0 amide bonds.